The minimum absolute atomic E-state index is 0.191. The quantitative estimate of drug-likeness (QED) is 0.105. The largest absolute Gasteiger partial charge is 0.240 e. The SMILES string of the molecule is CCCCCCCC(CC(CCC)CC(CCCCCCC)OOC)OOC. The van der Waals surface area contributed by atoms with E-state index in [0.29, 0.717) is 5.92 Å². The zero-order chi connectivity index (χ0) is 20.9. The van der Waals surface area contributed by atoms with Crippen LogP contribution in [0.3, 0.4) is 0 Å². The topological polar surface area (TPSA) is 36.9 Å². The molecule has 0 N–H and O–H groups in total. The summed E-state index contributed by atoms with van der Waals surface area (Å²) in [5, 5.41) is 0. The van der Waals surface area contributed by atoms with Crippen LogP contribution in [0.15, 0.2) is 0 Å². The summed E-state index contributed by atoms with van der Waals surface area (Å²) in [5.74, 6) is 0.594. The molecule has 28 heavy (non-hydrogen) atoms. The molecule has 0 aromatic carbocycles. The van der Waals surface area contributed by atoms with Crippen LogP contribution in [0.2, 0.25) is 0 Å². The third-order valence-electron chi connectivity index (χ3n) is 5.61. The highest BCUT2D eigenvalue weighted by atomic mass is 17.2. The van der Waals surface area contributed by atoms with Crippen molar-refractivity contribution in [3.05, 3.63) is 0 Å². The van der Waals surface area contributed by atoms with E-state index in [-0.39, 0.29) is 12.2 Å². The Morgan fingerprint density at radius 3 is 1.29 bits per heavy atom. The molecule has 0 amide bonds. The van der Waals surface area contributed by atoms with Gasteiger partial charge in [-0.2, -0.15) is 0 Å². The Hall–Kier alpha value is -0.160. The van der Waals surface area contributed by atoms with Crippen LogP contribution in [0.25, 0.3) is 0 Å². The van der Waals surface area contributed by atoms with Gasteiger partial charge in [-0.1, -0.05) is 97.8 Å². The van der Waals surface area contributed by atoms with Crippen molar-refractivity contribution >= 4 is 0 Å². The van der Waals surface area contributed by atoms with Gasteiger partial charge in [-0.3, -0.25) is 0 Å². The predicted molar refractivity (Wildman–Crippen MR) is 118 cm³/mol. The molecular formula is C24H50O4. The molecular weight excluding hydrogens is 352 g/mol. The number of hydrogen-bond donors (Lipinski definition) is 0. The van der Waals surface area contributed by atoms with Crippen LogP contribution >= 0.6 is 0 Å². The van der Waals surface area contributed by atoms with E-state index in [2.05, 4.69) is 20.8 Å². The summed E-state index contributed by atoms with van der Waals surface area (Å²) < 4.78 is 0. The Kier molecular flexibility index (Phi) is 21.4. The molecule has 0 fully saturated rings. The fourth-order valence-corrected chi connectivity index (χ4v) is 4.12. The van der Waals surface area contributed by atoms with E-state index in [1.807, 2.05) is 0 Å². The van der Waals surface area contributed by atoms with Crippen molar-refractivity contribution in [3.63, 3.8) is 0 Å². The van der Waals surface area contributed by atoms with Crippen LogP contribution in [-0.4, -0.2) is 26.4 Å². The molecule has 0 heterocycles. The highest BCUT2D eigenvalue weighted by molar-refractivity contribution is 4.71. The van der Waals surface area contributed by atoms with Gasteiger partial charge in [0.1, 0.15) is 0 Å². The van der Waals surface area contributed by atoms with Gasteiger partial charge in [0.2, 0.25) is 0 Å². The average Bonchev–Trinajstić information content (AvgIpc) is 2.68. The van der Waals surface area contributed by atoms with Crippen molar-refractivity contribution in [2.75, 3.05) is 14.2 Å². The summed E-state index contributed by atoms with van der Waals surface area (Å²) in [6, 6.07) is 0. The molecule has 0 aliphatic carbocycles. The Labute approximate surface area is 175 Å². The lowest BCUT2D eigenvalue weighted by Gasteiger charge is -2.26. The predicted octanol–water partition coefficient (Wildman–Crippen LogP) is 7.80. The first kappa shape index (κ1) is 27.8. The summed E-state index contributed by atoms with van der Waals surface area (Å²) in [6.07, 6.45) is 20.0. The molecule has 0 bridgehead atoms. The monoisotopic (exact) mass is 402 g/mol. The molecule has 0 saturated carbocycles. The Morgan fingerprint density at radius 2 is 0.929 bits per heavy atom. The molecule has 4 heteroatoms. The molecule has 0 aliphatic heterocycles. The summed E-state index contributed by atoms with van der Waals surface area (Å²) in [7, 11) is 3.26. The van der Waals surface area contributed by atoms with Crippen LogP contribution in [0.4, 0.5) is 0 Å². The molecule has 0 aliphatic rings. The fourth-order valence-electron chi connectivity index (χ4n) is 4.12. The van der Waals surface area contributed by atoms with E-state index >= 15 is 0 Å². The normalized spacial score (nSPS) is 14.9. The van der Waals surface area contributed by atoms with Crippen molar-refractivity contribution in [1.82, 2.24) is 0 Å². The first-order valence-corrected chi connectivity index (χ1v) is 12.1. The minimum atomic E-state index is 0.191. The Morgan fingerprint density at radius 1 is 0.500 bits per heavy atom. The molecule has 0 aromatic rings. The second-order valence-electron chi connectivity index (χ2n) is 8.30. The van der Waals surface area contributed by atoms with Gasteiger partial charge >= 0.3 is 0 Å². The van der Waals surface area contributed by atoms with Crippen molar-refractivity contribution in [2.45, 2.75) is 136 Å². The van der Waals surface area contributed by atoms with Gasteiger partial charge in [0, 0.05) is 0 Å². The van der Waals surface area contributed by atoms with Gasteiger partial charge in [-0.15, -0.1) is 0 Å². The molecule has 0 aromatic heterocycles. The van der Waals surface area contributed by atoms with Gasteiger partial charge in [0.05, 0.1) is 26.4 Å². The number of rotatable bonds is 22. The van der Waals surface area contributed by atoms with Crippen molar-refractivity contribution in [2.24, 2.45) is 5.92 Å². The molecule has 4 nitrogen and oxygen atoms in total. The van der Waals surface area contributed by atoms with E-state index < -0.39 is 0 Å². The van der Waals surface area contributed by atoms with Crippen LogP contribution in [0.1, 0.15) is 124 Å². The van der Waals surface area contributed by atoms with Crippen molar-refractivity contribution < 1.29 is 19.6 Å². The molecule has 0 saturated heterocycles. The number of unbranched alkanes of at least 4 members (excludes halogenated alkanes) is 8. The lowest BCUT2D eigenvalue weighted by atomic mass is 9.88. The molecule has 2 unspecified atom stereocenters. The molecule has 170 valence electrons. The standard InChI is InChI=1S/C24H50O4/c1-6-9-11-13-15-18-23(27-25-4)20-22(17-8-3)21-24(28-26-5)19-16-14-12-10-7-2/h22-24H,6-21H2,1-5H3. The third-order valence-corrected chi connectivity index (χ3v) is 5.61. The second kappa shape index (κ2) is 21.5. The van der Waals surface area contributed by atoms with E-state index in [4.69, 9.17) is 19.6 Å². The van der Waals surface area contributed by atoms with Gasteiger partial charge in [-0.05, 0) is 31.6 Å². The maximum Gasteiger partial charge on any atom is 0.0932 e. The molecule has 0 radical (unpaired) electrons. The highest BCUT2D eigenvalue weighted by Crippen LogP contribution is 2.27. The molecule has 0 spiro atoms. The lowest BCUT2D eigenvalue weighted by molar-refractivity contribution is -0.315. The second-order valence-corrected chi connectivity index (χ2v) is 8.30. The van der Waals surface area contributed by atoms with E-state index in [1.54, 1.807) is 14.2 Å². The third kappa shape index (κ3) is 16.8. The van der Waals surface area contributed by atoms with Crippen molar-refractivity contribution in [3.8, 4) is 0 Å². The smallest absolute Gasteiger partial charge is 0.0932 e. The average molecular weight is 403 g/mol. The van der Waals surface area contributed by atoms with Crippen LogP contribution in [-0.2, 0) is 19.6 Å². The van der Waals surface area contributed by atoms with Crippen LogP contribution in [0.5, 0.6) is 0 Å². The summed E-state index contributed by atoms with van der Waals surface area (Å²) in [6.45, 7) is 6.78. The van der Waals surface area contributed by atoms with Gasteiger partial charge in [0.25, 0.3) is 0 Å². The van der Waals surface area contributed by atoms with E-state index in [9.17, 15) is 0 Å². The summed E-state index contributed by atoms with van der Waals surface area (Å²) >= 11 is 0. The molecule has 0 rings (SSSR count). The number of hydrogen-bond acceptors (Lipinski definition) is 4. The maximum atomic E-state index is 5.62. The zero-order valence-electron chi connectivity index (χ0n) is 19.7. The van der Waals surface area contributed by atoms with Gasteiger partial charge in [0.15, 0.2) is 0 Å². The van der Waals surface area contributed by atoms with E-state index in [0.717, 1.165) is 25.7 Å². The van der Waals surface area contributed by atoms with Crippen molar-refractivity contribution in [1.29, 1.82) is 0 Å². The maximum absolute atomic E-state index is 5.62. The van der Waals surface area contributed by atoms with Gasteiger partial charge in [-0.25, -0.2) is 19.6 Å². The van der Waals surface area contributed by atoms with Gasteiger partial charge < -0.3 is 0 Å². The fraction of sp³-hybridized carbons (Fsp3) is 1.00. The Balaban J connectivity index is 4.46. The lowest BCUT2D eigenvalue weighted by Crippen LogP contribution is -2.23. The first-order chi connectivity index (χ1) is 13.7. The first-order valence-electron chi connectivity index (χ1n) is 12.1. The minimum Gasteiger partial charge on any atom is -0.240 e. The summed E-state index contributed by atoms with van der Waals surface area (Å²) in [4.78, 5) is 21.4. The van der Waals surface area contributed by atoms with Crippen LogP contribution in [0, 0.1) is 5.92 Å². The Bertz CT molecular complexity index is 272. The van der Waals surface area contributed by atoms with E-state index in [1.165, 1.54) is 77.0 Å². The zero-order valence-corrected chi connectivity index (χ0v) is 19.7. The van der Waals surface area contributed by atoms with Crippen LogP contribution < -0.4 is 0 Å². The summed E-state index contributed by atoms with van der Waals surface area (Å²) in [5.41, 5.74) is 0. The highest BCUT2D eigenvalue weighted by Gasteiger charge is 2.22. The molecule has 2 atom stereocenters.